The van der Waals surface area contributed by atoms with Crippen molar-refractivity contribution >= 4 is 0 Å². The van der Waals surface area contributed by atoms with E-state index in [-0.39, 0.29) is 36.2 Å². The second-order valence-electron chi connectivity index (χ2n) is 8.19. The van der Waals surface area contributed by atoms with E-state index >= 15 is 0 Å². The molecular formula is C25H30F4O3. The molecule has 0 aromatic heterocycles. The van der Waals surface area contributed by atoms with Crippen LogP contribution in [0.1, 0.15) is 68.9 Å². The third-order valence-corrected chi connectivity index (χ3v) is 5.93. The summed E-state index contributed by atoms with van der Waals surface area (Å²) in [6.07, 6.45) is 3.34. The van der Waals surface area contributed by atoms with E-state index in [4.69, 9.17) is 9.47 Å². The molecule has 1 aliphatic heterocycles. The second-order valence-corrected chi connectivity index (χ2v) is 8.19. The van der Waals surface area contributed by atoms with Crippen LogP contribution < -0.4 is 9.47 Å². The number of halogens is 4. The molecule has 7 heteroatoms. The molecule has 0 N–H and O–H groups in total. The van der Waals surface area contributed by atoms with E-state index in [2.05, 4.69) is 11.7 Å². The lowest BCUT2D eigenvalue weighted by molar-refractivity contribution is -0.0199. The fourth-order valence-corrected chi connectivity index (χ4v) is 4.00. The molecule has 3 atom stereocenters. The van der Waals surface area contributed by atoms with E-state index in [1.54, 1.807) is 6.07 Å². The van der Waals surface area contributed by atoms with E-state index in [1.165, 1.54) is 37.8 Å². The molecule has 0 spiro atoms. The highest BCUT2D eigenvalue weighted by Crippen LogP contribution is 2.35. The van der Waals surface area contributed by atoms with E-state index in [9.17, 15) is 17.6 Å². The van der Waals surface area contributed by atoms with E-state index in [0.29, 0.717) is 18.1 Å². The van der Waals surface area contributed by atoms with Crippen LogP contribution in [0.2, 0.25) is 0 Å². The van der Waals surface area contributed by atoms with Crippen molar-refractivity contribution in [2.45, 2.75) is 57.7 Å². The lowest BCUT2D eigenvalue weighted by Crippen LogP contribution is -2.21. The van der Waals surface area contributed by atoms with Crippen LogP contribution in [-0.4, -0.2) is 20.3 Å². The lowest BCUT2D eigenvalue weighted by atomic mass is 9.90. The molecule has 1 fully saturated rings. The molecule has 0 saturated carbocycles. The highest BCUT2D eigenvalue weighted by Gasteiger charge is 2.24. The summed E-state index contributed by atoms with van der Waals surface area (Å²) >= 11 is 0. The summed E-state index contributed by atoms with van der Waals surface area (Å²) < 4.78 is 72.6. The molecule has 2 aromatic rings. The van der Waals surface area contributed by atoms with Crippen LogP contribution in [0.4, 0.5) is 17.6 Å². The Balaban J connectivity index is 1.53. The maximum Gasteiger partial charge on any atom is 0.204 e. The Labute approximate surface area is 186 Å². The van der Waals surface area contributed by atoms with Crippen LogP contribution >= 0.6 is 0 Å². The van der Waals surface area contributed by atoms with Crippen molar-refractivity contribution in [1.29, 1.82) is 0 Å². The molecule has 1 aliphatic rings. The topological polar surface area (TPSA) is 27.7 Å². The quantitative estimate of drug-likeness (QED) is 0.354. The molecule has 0 amide bonds. The molecular weight excluding hydrogens is 424 g/mol. The molecule has 3 nitrogen and oxygen atoms in total. The first-order valence-corrected chi connectivity index (χ1v) is 11.1. The van der Waals surface area contributed by atoms with Crippen LogP contribution in [0, 0.1) is 23.4 Å². The zero-order valence-corrected chi connectivity index (χ0v) is 18.5. The van der Waals surface area contributed by atoms with Crippen LogP contribution in [-0.2, 0) is 4.74 Å². The van der Waals surface area contributed by atoms with Gasteiger partial charge < -0.3 is 14.2 Å². The van der Waals surface area contributed by atoms with Gasteiger partial charge in [-0.2, -0.15) is 8.78 Å². The monoisotopic (exact) mass is 454 g/mol. The number of hydrogen-bond acceptors (Lipinski definition) is 3. The first-order valence-electron chi connectivity index (χ1n) is 11.1. The predicted octanol–water partition coefficient (Wildman–Crippen LogP) is 7.25. The number of benzene rings is 2. The van der Waals surface area contributed by atoms with Gasteiger partial charge in [0.2, 0.25) is 11.6 Å². The number of methoxy groups -OCH3 is 1. The summed E-state index contributed by atoms with van der Waals surface area (Å²) in [5.41, 5.74) is 0.620. The van der Waals surface area contributed by atoms with Gasteiger partial charge in [-0.3, -0.25) is 0 Å². The minimum absolute atomic E-state index is 0.0876. The lowest BCUT2D eigenvalue weighted by Gasteiger charge is -2.29. The Morgan fingerprint density at radius 3 is 2.47 bits per heavy atom. The molecule has 0 bridgehead atoms. The van der Waals surface area contributed by atoms with Gasteiger partial charge in [-0.15, -0.1) is 0 Å². The van der Waals surface area contributed by atoms with Gasteiger partial charge in [0.05, 0.1) is 26.4 Å². The van der Waals surface area contributed by atoms with Gasteiger partial charge in [-0.05, 0) is 48.9 Å². The summed E-state index contributed by atoms with van der Waals surface area (Å²) in [4.78, 5) is 0. The Kier molecular flexibility index (Phi) is 8.79. The van der Waals surface area contributed by atoms with Crippen molar-refractivity contribution in [3.05, 3.63) is 58.9 Å². The standard InChI is InChI=1S/C25H30F4O3/c1-3-4-5-16-6-9-21(32-15-16)17-7-8-18(20(27)14-17)19(26)12-13-31-23-11-10-22(30-2)24(28)25(23)29/h7-8,10-11,14,16,19,21H,3-6,9,12-13,15H2,1-2H3. The average Bonchev–Trinajstić information content (AvgIpc) is 2.80. The highest BCUT2D eigenvalue weighted by molar-refractivity contribution is 5.35. The third-order valence-electron chi connectivity index (χ3n) is 5.93. The highest BCUT2D eigenvalue weighted by atomic mass is 19.2. The molecule has 0 aliphatic carbocycles. The van der Waals surface area contributed by atoms with Crippen molar-refractivity contribution in [3.63, 3.8) is 0 Å². The minimum Gasteiger partial charge on any atom is -0.494 e. The summed E-state index contributed by atoms with van der Waals surface area (Å²) in [6.45, 7) is 2.59. The second kappa shape index (κ2) is 11.5. The van der Waals surface area contributed by atoms with Crippen LogP contribution in [0.5, 0.6) is 11.5 Å². The molecule has 1 heterocycles. The summed E-state index contributed by atoms with van der Waals surface area (Å²) in [6, 6.07) is 6.88. The van der Waals surface area contributed by atoms with E-state index in [0.717, 1.165) is 25.7 Å². The third kappa shape index (κ3) is 5.94. The van der Waals surface area contributed by atoms with Gasteiger partial charge >= 0.3 is 0 Å². The summed E-state index contributed by atoms with van der Waals surface area (Å²) in [5, 5.41) is 0. The number of hydrogen-bond donors (Lipinski definition) is 0. The summed E-state index contributed by atoms with van der Waals surface area (Å²) in [7, 11) is 1.22. The normalized spacial score (nSPS) is 19.6. The van der Waals surface area contributed by atoms with Gasteiger partial charge in [0, 0.05) is 12.0 Å². The van der Waals surface area contributed by atoms with Crippen molar-refractivity contribution in [2.24, 2.45) is 5.92 Å². The molecule has 0 radical (unpaired) electrons. The Morgan fingerprint density at radius 1 is 1.06 bits per heavy atom. The van der Waals surface area contributed by atoms with Crippen LogP contribution in [0.3, 0.4) is 0 Å². The fourth-order valence-electron chi connectivity index (χ4n) is 4.00. The van der Waals surface area contributed by atoms with Crippen molar-refractivity contribution in [3.8, 4) is 11.5 Å². The average molecular weight is 455 g/mol. The van der Waals surface area contributed by atoms with Gasteiger partial charge in [0.25, 0.3) is 0 Å². The molecule has 2 aromatic carbocycles. The van der Waals surface area contributed by atoms with Gasteiger partial charge in [-0.25, -0.2) is 8.78 Å². The maximum absolute atomic E-state index is 14.6. The first kappa shape index (κ1) is 24.4. The summed E-state index contributed by atoms with van der Waals surface area (Å²) in [5.74, 6) is -3.08. The number of rotatable bonds is 10. The van der Waals surface area contributed by atoms with E-state index < -0.39 is 23.6 Å². The zero-order valence-electron chi connectivity index (χ0n) is 18.5. The fraction of sp³-hybridized carbons (Fsp3) is 0.520. The zero-order chi connectivity index (χ0) is 23.1. The van der Waals surface area contributed by atoms with Crippen molar-refractivity contribution < 1.29 is 31.8 Å². The largest absolute Gasteiger partial charge is 0.494 e. The number of ether oxygens (including phenoxy) is 3. The van der Waals surface area contributed by atoms with Gasteiger partial charge in [0.1, 0.15) is 12.0 Å². The van der Waals surface area contributed by atoms with E-state index in [1.807, 2.05) is 0 Å². The smallest absolute Gasteiger partial charge is 0.204 e. The Bertz CT molecular complexity index is 882. The van der Waals surface area contributed by atoms with Crippen LogP contribution in [0.25, 0.3) is 0 Å². The first-order chi connectivity index (χ1) is 15.4. The minimum atomic E-state index is -1.64. The Hall–Kier alpha value is -2.28. The Morgan fingerprint density at radius 2 is 1.81 bits per heavy atom. The molecule has 32 heavy (non-hydrogen) atoms. The molecule has 1 saturated heterocycles. The predicted molar refractivity (Wildman–Crippen MR) is 114 cm³/mol. The van der Waals surface area contributed by atoms with Gasteiger partial charge in [-0.1, -0.05) is 31.9 Å². The molecule has 3 unspecified atom stereocenters. The SMILES string of the molecule is CCCCC1CCC(c2ccc(C(F)CCOc3ccc(OC)c(F)c3F)c(F)c2)OC1. The maximum atomic E-state index is 14.6. The number of alkyl halides is 1. The van der Waals surface area contributed by atoms with Gasteiger partial charge in [0.15, 0.2) is 11.5 Å². The number of unbranched alkanes of at least 4 members (excludes halogenated alkanes) is 1. The van der Waals surface area contributed by atoms with Crippen LogP contribution in [0.15, 0.2) is 30.3 Å². The van der Waals surface area contributed by atoms with Crippen molar-refractivity contribution in [1.82, 2.24) is 0 Å². The van der Waals surface area contributed by atoms with Crippen molar-refractivity contribution in [2.75, 3.05) is 20.3 Å². The molecule has 3 rings (SSSR count). The molecule has 176 valence electrons.